The van der Waals surface area contributed by atoms with Crippen LogP contribution in [0.2, 0.25) is 0 Å². The molecule has 2 rings (SSSR count). The lowest BCUT2D eigenvalue weighted by Gasteiger charge is -2.15. The SMILES string of the molecule is N#Cc1ccccc1S(=O)(=O)Nc1cc(C(F)(F)F)cc(C(F)(F)F)c1. The van der Waals surface area contributed by atoms with Crippen LogP contribution < -0.4 is 4.72 Å². The molecule has 0 bridgehead atoms. The number of hydrogen-bond donors (Lipinski definition) is 1. The summed E-state index contributed by atoms with van der Waals surface area (Å²) in [4.78, 5) is -0.575. The summed E-state index contributed by atoms with van der Waals surface area (Å²) in [7, 11) is -4.59. The third-order valence-electron chi connectivity index (χ3n) is 3.14. The van der Waals surface area contributed by atoms with Crippen LogP contribution in [0, 0.1) is 11.3 Å². The van der Waals surface area contributed by atoms with Gasteiger partial charge in [-0.15, -0.1) is 0 Å². The number of halogens is 6. The summed E-state index contributed by atoms with van der Waals surface area (Å²) in [5.74, 6) is 0. The van der Waals surface area contributed by atoms with Gasteiger partial charge in [0.05, 0.1) is 22.4 Å². The summed E-state index contributed by atoms with van der Waals surface area (Å²) in [5, 5.41) is 8.91. The molecular weight excluding hydrogens is 386 g/mol. The monoisotopic (exact) mass is 394 g/mol. The lowest BCUT2D eigenvalue weighted by atomic mass is 10.1. The Hall–Kier alpha value is -2.74. The maximum atomic E-state index is 12.8. The second-order valence-corrected chi connectivity index (χ2v) is 6.66. The highest BCUT2D eigenvalue weighted by atomic mass is 32.2. The molecule has 26 heavy (non-hydrogen) atoms. The van der Waals surface area contributed by atoms with Crippen molar-refractivity contribution >= 4 is 15.7 Å². The average molecular weight is 394 g/mol. The zero-order valence-corrected chi connectivity index (χ0v) is 13.3. The van der Waals surface area contributed by atoms with Gasteiger partial charge in [0.1, 0.15) is 11.0 Å². The van der Waals surface area contributed by atoms with E-state index in [9.17, 15) is 34.8 Å². The molecular formula is C15H8F6N2O2S. The number of nitriles is 1. The largest absolute Gasteiger partial charge is 0.416 e. The molecule has 0 aliphatic heterocycles. The minimum Gasteiger partial charge on any atom is -0.280 e. The highest BCUT2D eigenvalue weighted by molar-refractivity contribution is 7.92. The fourth-order valence-corrected chi connectivity index (χ4v) is 3.22. The molecule has 11 heteroatoms. The summed E-state index contributed by atoms with van der Waals surface area (Å²) < 4.78 is 103. The highest BCUT2D eigenvalue weighted by Crippen LogP contribution is 2.38. The van der Waals surface area contributed by atoms with Crippen molar-refractivity contribution in [1.29, 1.82) is 5.26 Å². The Kier molecular flexibility index (Phi) is 4.92. The second kappa shape index (κ2) is 6.53. The molecule has 0 saturated heterocycles. The van der Waals surface area contributed by atoms with Crippen LogP contribution in [0.25, 0.3) is 0 Å². The third-order valence-corrected chi connectivity index (χ3v) is 4.58. The van der Waals surface area contributed by atoms with E-state index in [1.807, 2.05) is 0 Å². The number of alkyl halides is 6. The summed E-state index contributed by atoms with van der Waals surface area (Å²) in [6.07, 6.45) is -10.2. The minimum absolute atomic E-state index is 0.124. The molecule has 0 aliphatic rings. The van der Waals surface area contributed by atoms with E-state index in [-0.39, 0.29) is 23.8 Å². The fraction of sp³-hybridized carbons (Fsp3) is 0.133. The van der Waals surface area contributed by atoms with Crippen molar-refractivity contribution in [3.63, 3.8) is 0 Å². The van der Waals surface area contributed by atoms with E-state index in [2.05, 4.69) is 0 Å². The summed E-state index contributed by atoms with van der Waals surface area (Å²) in [6, 6.07) is 6.67. The van der Waals surface area contributed by atoms with E-state index < -0.39 is 44.1 Å². The molecule has 0 aromatic heterocycles. The standard InChI is InChI=1S/C15H8F6N2O2S/c16-14(17,18)10-5-11(15(19,20)21)7-12(6-10)23-26(24,25)13-4-2-1-3-9(13)8-22/h1-7,23H. The van der Waals surface area contributed by atoms with Crippen LogP contribution in [0.1, 0.15) is 16.7 Å². The number of hydrogen-bond acceptors (Lipinski definition) is 3. The van der Waals surface area contributed by atoms with E-state index in [1.165, 1.54) is 12.1 Å². The van der Waals surface area contributed by atoms with E-state index in [0.717, 1.165) is 12.1 Å². The molecule has 0 spiro atoms. The first kappa shape index (κ1) is 19.6. The van der Waals surface area contributed by atoms with Gasteiger partial charge in [-0.1, -0.05) is 12.1 Å². The van der Waals surface area contributed by atoms with Crippen molar-refractivity contribution < 1.29 is 34.8 Å². The molecule has 0 aliphatic carbocycles. The normalized spacial score (nSPS) is 12.5. The third kappa shape index (κ3) is 4.26. The van der Waals surface area contributed by atoms with Crippen LogP contribution in [0.4, 0.5) is 32.0 Å². The van der Waals surface area contributed by atoms with Gasteiger partial charge >= 0.3 is 12.4 Å². The first-order chi connectivity index (χ1) is 11.8. The molecule has 0 saturated carbocycles. The molecule has 2 aromatic carbocycles. The van der Waals surface area contributed by atoms with Crippen LogP contribution in [-0.2, 0) is 22.4 Å². The molecule has 4 nitrogen and oxygen atoms in total. The first-order valence-electron chi connectivity index (χ1n) is 6.66. The summed E-state index contributed by atoms with van der Waals surface area (Å²) in [5.41, 5.74) is -4.58. The summed E-state index contributed by atoms with van der Waals surface area (Å²) >= 11 is 0. The quantitative estimate of drug-likeness (QED) is 0.785. The number of sulfonamides is 1. The number of benzene rings is 2. The Morgan fingerprint density at radius 1 is 0.885 bits per heavy atom. The van der Waals surface area contributed by atoms with Crippen molar-refractivity contribution in [2.75, 3.05) is 4.72 Å². The molecule has 2 aromatic rings. The van der Waals surface area contributed by atoms with E-state index in [0.29, 0.717) is 0 Å². The number of nitrogens with zero attached hydrogens (tertiary/aromatic N) is 1. The Morgan fingerprint density at radius 3 is 1.85 bits per heavy atom. The smallest absolute Gasteiger partial charge is 0.280 e. The van der Waals surface area contributed by atoms with E-state index in [1.54, 1.807) is 10.8 Å². The molecule has 0 atom stereocenters. The van der Waals surface area contributed by atoms with Gasteiger partial charge in [0.25, 0.3) is 10.0 Å². The molecule has 0 heterocycles. The van der Waals surface area contributed by atoms with Crippen LogP contribution in [0.3, 0.4) is 0 Å². The Bertz CT molecular complexity index is 943. The lowest BCUT2D eigenvalue weighted by Crippen LogP contribution is -2.17. The zero-order chi connectivity index (χ0) is 19.8. The number of rotatable bonds is 3. The molecule has 0 unspecified atom stereocenters. The molecule has 0 radical (unpaired) electrons. The molecule has 0 fully saturated rings. The average Bonchev–Trinajstić information content (AvgIpc) is 2.52. The van der Waals surface area contributed by atoms with Crippen molar-refractivity contribution in [2.45, 2.75) is 17.2 Å². The Morgan fingerprint density at radius 2 is 1.38 bits per heavy atom. The first-order valence-corrected chi connectivity index (χ1v) is 8.14. The van der Waals surface area contributed by atoms with E-state index in [4.69, 9.17) is 5.26 Å². The molecule has 0 amide bonds. The van der Waals surface area contributed by atoms with Gasteiger partial charge in [0.2, 0.25) is 0 Å². The van der Waals surface area contributed by atoms with E-state index >= 15 is 0 Å². The van der Waals surface area contributed by atoms with Crippen LogP contribution >= 0.6 is 0 Å². The summed E-state index contributed by atoms with van der Waals surface area (Å²) in [6.45, 7) is 0. The van der Waals surface area contributed by atoms with Crippen LogP contribution in [0.5, 0.6) is 0 Å². The Labute approximate surface area is 143 Å². The molecule has 1 N–H and O–H groups in total. The van der Waals surface area contributed by atoms with Crippen molar-refractivity contribution in [3.8, 4) is 6.07 Å². The zero-order valence-electron chi connectivity index (χ0n) is 12.5. The molecule has 138 valence electrons. The van der Waals surface area contributed by atoms with Gasteiger partial charge in [0, 0.05) is 0 Å². The van der Waals surface area contributed by atoms with Crippen LogP contribution in [-0.4, -0.2) is 8.42 Å². The minimum atomic E-state index is -5.12. The van der Waals surface area contributed by atoms with Gasteiger partial charge < -0.3 is 0 Å². The second-order valence-electron chi connectivity index (χ2n) is 5.01. The van der Waals surface area contributed by atoms with Gasteiger partial charge in [-0.3, -0.25) is 4.72 Å². The van der Waals surface area contributed by atoms with Gasteiger partial charge in [-0.2, -0.15) is 31.6 Å². The van der Waals surface area contributed by atoms with Crippen molar-refractivity contribution in [3.05, 3.63) is 59.2 Å². The predicted octanol–water partition coefficient (Wildman–Crippen LogP) is 4.40. The number of nitrogens with one attached hydrogen (secondary N) is 1. The highest BCUT2D eigenvalue weighted by Gasteiger charge is 2.37. The van der Waals surface area contributed by atoms with Gasteiger partial charge in [-0.25, -0.2) is 8.42 Å². The van der Waals surface area contributed by atoms with Crippen molar-refractivity contribution in [1.82, 2.24) is 0 Å². The van der Waals surface area contributed by atoms with Crippen LogP contribution in [0.15, 0.2) is 47.4 Å². The van der Waals surface area contributed by atoms with Gasteiger partial charge in [0.15, 0.2) is 0 Å². The maximum absolute atomic E-state index is 12.8. The fourth-order valence-electron chi connectivity index (χ4n) is 2.02. The van der Waals surface area contributed by atoms with Gasteiger partial charge in [-0.05, 0) is 30.3 Å². The number of anilines is 1. The Balaban J connectivity index is 2.57. The maximum Gasteiger partial charge on any atom is 0.416 e. The lowest BCUT2D eigenvalue weighted by molar-refractivity contribution is -0.143. The topological polar surface area (TPSA) is 70.0 Å². The van der Waals surface area contributed by atoms with Crippen molar-refractivity contribution in [2.24, 2.45) is 0 Å². The predicted molar refractivity (Wildman–Crippen MR) is 78.4 cm³/mol.